The van der Waals surface area contributed by atoms with Gasteiger partial charge in [-0.2, -0.15) is 0 Å². The Bertz CT molecular complexity index is 527. The predicted octanol–water partition coefficient (Wildman–Crippen LogP) is 5.00. The van der Waals surface area contributed by atoms with E-state index in [9.17, 15) is 0 Å². The van der Waals surface area contributed by atoms with Crippen LogP contribution in [0.1, 0.15) is 81.0 Å². The van der Waals surface area contributed by atoms with Crippen LogP contribution in [0.3, 0.4) is 0 Å². The van der Waals surface area contributed by atoms with Crippen molar-refractivity contribution in [1.82, 2.24) is 9.36 Å². The van der Waals surface area contributed by atoms with Crippen molar-refractivity contribution >= 4 is 20.6 Å². The van der Waals surface area contributed by atoms with E-state index in [0.717, 1.165) is 0 Å². The molecule has 0 bridgehead atoms. The molecule has 0 amide bonds. The third-order valence-electron chi connectivity index (χ3n) is 4.81. The first kappa shape index (κ1) is 21.2. The summed E-state index contributed by atoms with van der Waals surface area (Å²) in [5.41, 5.74) is 1.79. The zero-order valence-electron chi connectivity index (χ0n) is 18.0. The molecule has 1 saturated heterocycles. The number of nitrogens with zero attached hydrogens (tertiary/aromatic N) is 3. The first-order valence-electron chi connectivity index (χ1n) is 9.66. The molecule has 1 aromatic rings. The summed E-state index contributed by atoms with van der Waals surface area (Å²) >= 11 is -2.17. The van der Waals surface area contributed by atoms with Crippen molar-refractivity contribution in [2.45, 2.75) is 98.6 Å². The third kappa shape index (κ3) is 4.25. The molecule has 0 aromatic heterocycles. The molecular formula is C21H38N3Sn. The van der Waals surface area contributed by atoms with Gasteiger partial charge in [-0.25, -0.2) is 0 Å². The normalized spacial score (nSPS) is 19.2. The van der Waals surface area contributed by atoms with Crippen LogP contribution in [0, 0.1) is 0 Å². The first-order chi connectivity index (χ1) is 11.4. The van der Waals surface area contributed by atoms with Gasteiger partial charge in [0.2, 0.25) is 0 Å². The molecule has 1 heterocycles. The number of benzene rings is 1. The minimum atomic E-state index is -2.17. The van der Waals surface area contributed by atoms with Crippen LogP contribution < -0.4 is 0 Å². The molecule has 1 fully saturated rings. The Morgan fingerprint density at radius 3 is 1.52 bits per heavy atom. The Morgan fingerprint density at radius 1 is 0.800 bits per heavy atom. The van der Waals surface area contributed by atoms with Crippen molar-refractivity contribution < 1.29 is 0 Å². The molecule has 1 aliphatic rings. The summed E-state index contributed by atoms with van der Waals surface area (Å²) in [7, 11) is 0. The third-order valence-corrected chi connectivity index (χ3v) is 16.8. The topological polar surface area (TPSA) is 9.72 Å². The summed E-state index contributed by atoms with van der Waals surface area (Å²) in [6, 6.07) is 12.3. The molecule has 3 nitrogen and oxygen atoms in total. The van der Waals surface area contributed by atoms with E-state index in [2.05, 4.69) is 109 Å². The van der Waals surface area contributed by atoms with E-state index < -0.39 is 20.6 Å². The van der Waals surface area contributed by atoms with E-state index in [0.29, 0.717) is 18.2 Å². The van der Waals surface area contributed by atoms with E-state index in [1.165, 1.54) is 5.56 Å². The molecule has 4 heteroatoms. The molecule has 0 unspecified atom stereocenters. The Kier molecular flexibility index (Phi) is 6.35. The van der Waals surface area contributed by atoms with Gasteiger partial charge in [0, 0.05) is 0 Å². The molecule has 0 atom stereocenters. The van der Waals surface area contributed by atoms with Gasteiger partial charge in [0.1, 0.15) is 0 Å². The fraction of sp³-hybridized carbons (Fsp3) is 0.714. The molecule has 0 spiro atoms. The summed E-state index contributed by atoms with van der Waals surface area (Å²) < 4.78 is 8.61. The zero-order valence-corrected chi connectivity index (χ0v) is 20.8. The van der Waals surface area contributed by atoms with E-state index >= 15 is 0 Å². The van der Waals surface area contributed by atoms with Crippen LogP contribution in [-0.2, 0) is 0 Å². The fourth-order valence-electron chi connectivity index (χ4n) is 3.96. The van der Waals surface area contributed by atoms with E-state index in [1.54, 1.807) is 0 Å². The van der Waals surface area contributed by atoms with Crippen molar-refractivity contribution in [3.8, 4) is 0 Å². The zero-order chi connectivity index (χ0) is 19.2. The monoisotopic (exact) mass is 452 g/mol. The van der Waals surface area contributed by atoms with Crippen molar-refractivity contribution in [2.24, 2.45) is 0 Å². The second-order valence-electron chi connectivity index (χ2n) is 9.76. The van der Waals surface area contributed by atoms with Gasteiger partial charge in [0.25, 0.3) is 0 Å². The quantitative estimate of drug-likeness (QED) is 0.597. The second-order valence-corrected chi connectivity index (χ2v) is 15.7. The summed E-state index contributed by atoms with van der Waals surface area (Å²) in [6.45, 7) is 23.8. The van der Waals surface area contributed by atoms with Gasteiger partial charge >= 0.3 is 164 Å². The van der Waals surface area contributed by atoms with Crippen LogP contribution in [0.15, 0.2) is 30.3 Å². The van der Waals surface area contributed by atoms with Gasteiger partial charge in [-0.1, -0.05) is 0 Å². The average molecular weight is 451 g/mol. The van der Waals surface area contributed by atoms with Gasteiger partial charge in [0.05, 0.1) is 0 Å². The average Bonchev–Trinajstić information content (AvgIpc) is 2.39. The molecule has 1 aliphatic heterocycles. The van der Waals surface area contributed by atoms with Gasteiger partial charge in [0.15, 0.2) is 0 Å². The van der Waals surface area contributed by atoms with E-state index in [4.69, 9.17) is 0 Å². The van der Waals surface area contributed by atoms with Crippen molar-refractivity contribution in [1.29, 1.82) is 0 Å². The first-order valence-corrected chi connectivity index (χ1v) is 13.5. The molecule has 1 aromatic carbocycles. The molecule has 25 heavy (non-hydrogen) atoms. The summed E-state index contributed by atoms with van der Waals surface area (Å²) in [5, 5.41) is 0. The summed E-state index contributed by atoms with van der Waals surface area (Å²) in [5.74, 6) is 0. The summed E-state index contributed by atoms with van der Waals surface area (Å²) in [6.07, 6.45) is 0.399. The SMILES string of the molecule is CC(C)[N](C(C)C)[Sn]1[N](C(C)(C)C)C(c2ccccc2)[N]1C(C)(C)C. The Morgan fingerprint density at radius 2 is 1.20 bits per heavy atom. The fourth-order valence-corrected chi connectivity index (χ4v) is 14.4. The van der Waals surface area contributed by atoms with Gasteiger partial charge in [-0.15, -0.1) is 0 Å². The maximum atomic E-state index is 2.88. The van der Waals surface area contributed by atoms with Gasteiger partial charge in [-0.3, -0.25) is 0 Å². The molecule has 0 aliphatic carbocycles. The van der Waals surface area contributed by atoms with Crippen LogP contribution in [-0.4, -0.2) is 53.1 Å². The Labute approximate surface area is 164 Å². The predicted molar refractivity (Wildman–Crippen MR) is 110 cm³/mol. The summed E-state index contributed by atoms with van der Waals surface area (Å²) in [4.78, 5) is 0. The number of hydrogen-bond acceptors (Lipinski definition) is 3. The molecule has 0 saturated carbocycles. The molecule has 2 rings (SSSR count). The Balaban J connectivity index is 2.56. The minimum absolute atomic E-state index is 0.180. The van der Waals surface area contributed by atoms with Crippen LogP contribution in [0.4, 0.5) is 0 Å². The van der Waals surface area contributed by atoms with E-state index in [1.807, 2.05) is 0 Å². The molecular weight excluding hydrogens is 413 g/mol. The van der Waals surface area contributed by atoms with Crippen LogP contribution in [0.25, 0.3) is 0 Å². The Hall–Kier alpha value is -0.101. The molecule has 0 N–H and O–H groups in total. The van der Waals surface area contributed by atoms with Crippen molar-refractivity contribution in [3.63, 3.8) is 0 Å². The van der Waals surface area contributed by atoms with E-state index in [-0.39, 0.29) is 11.1 Å². The van der Waals surface area contributed by atoms with Gasteiger partial charge in [-0.05, 0) is 0 Å². The molecule has 141 valence electrons. The van der Waals surface area contributed by atoms with Crippen LogP contribution in [0.2, 0.25) is 0 Å². The number of rotatable bonds is 4. The van der Waals surface area contributed by atoms with Crippen molar-refractivity contribution in [3.05, 3.63) is 35.9 Å². The van der Waals surface area contributed by atoms with Gasteiger partial charge < -0.3 is 0 Å². The standard InChI is InChI=1S/C15H24N2.C6H14N.Sn/c1-14(2,3)16-13(17-15(4,5)6)12-10-8-7-9-11-12;1-5(2)7-6(3)4;/h7-11,13H,1-6H3;5-6H,1-4H3;/q-2;-1;+3. The maximum absolute atomic E-state index is 2.88. The van der Waals surface area contributed by atoms with Crippen molar-refractivity contribution in [2.75, 3.05) is 0 Å². The van der Waals surface area contributed by atoms with Crippen LogP contribution in [0.5, 0.6) is 0 Å². The second kappa shape index (κ2) is 7.49. The molecule has 1 radical (unpaired) electrons. The number of hydrogen-bond donors (Lipinski definition) is 0. The van der Waals surface area contributed by atoms with Crippen LogP contribution >= 0.6 is 0 Å².